The number of hydrogen-bond donors (Lipinski definition) is 2. The van der Waals surface area contributed by atoms with E-state index >= 15 is 0 Å². The van der Waals surface area contributed by atoms with E-state index in [1.165, 1.54) is 0 Å². The van der Waals surface area contributed by atoms with Crippen molar-refractivity contribution in [1.82, 2.24) is 0 Å². The van der Waals surface area contributed by atoms with Crippen molar-refractivity contribution in [2.45, 2.75) is 33.1 Å². The highest BCUT2D eigenvalue weighted by atomic mass is 16.2. The first-order chi connectivity index (χ1) is 7.97. The van der Waals surface area contributed by atoms with Gasteiger partial charge in [0, 0.05) is 0 Å². The molecule has 1 saturated carbocycles. The summed E-state index contributed by atoms with van der Waals surface area (Å²) in [5.74, 6) is -0.611. The zero-order chi connectivity index (χ0) is 12.8. The topological polar surface area (TPSA) is 86.2 Å². The van der Waals surface area contributed by atoms with Gasteiger partial charge >= 0.3 is 0 Å². The van der Waals surface area contributed by atoms with E-state index in [9.17, 15) is 9.59 Å². The van der Waals surface area contributed by atoms with Gasteiger partial charge in [-0.15, -0.1) is 0 Å². The zero-order valence-electron chi connectivity index (χ0n) is 10.4. The van der Waals surface area contributed by atoms with Gasteiger partial charge in [0.2, 0.25) is 11.8 Å². The van der Waals surface area contributed by atoms with Crippen LogP contribution in [-0.4, -0.2) is 11.8 Å². The third kappa shape index (κ3) is 1.08. The SMILES string of the molecule is CCC1(C(N)=O)C2C=CC(C2)C1(CC)C(N)=O. The highest BCUT2D eigenvalue weighted by molar-refractivity contribution is 5.94. The van der Waals surface area contributed by atoms with Crippen LogP contribution < -0.4 is 11.5 Å². The minimum absolute atomic E-state index is 0.0717. The predicted molar refractivity (Wildman–Crippen MR) is 64.6 cm³/mol. The molecule has 2 amide bonds. The van der Waals surface area contributed by atoms with Crippen LogP contribution in [0.25, 0.3) is 0 Å². The standard InChI is InChI=1S/C13H20N2O2/c1-3-12(10(14)16)8-5-6-9(7-8)13(12,4-2)11(15)17/h5-6,8-9H,3-4,7H2,1-2H3,(H2,14,16)(H2,15,17). The van der Waals surface area contributed by atoms with Crippen molar-refractivity contribution in [2.24, 2.45) is 34.1 Å². The molecule has 94 valence electrons. The number of primary amides is 2. The Morgan fingerprint density at radius 2 is 1.41 bits per heavy atom. The number of nitrogens with two attached hydrogens (primary N) is 2. The van der Waals surface area contributed by atoms with Crippen molar-refractivity contribution >= 4 is 11.8 Å². The van der Waals surface area contributed by atoms with Crippen LogP contribution in [0.2, 0.25) is 0 Å². The summed E-state index contributed by atoms with van der Waals surface area (Å²) in [6.45, 7) is 3.85. The minimum atomic E-state index is -0.785. The highest BCUT2D eigenvalue weighted by Gasteiger charge is 2.69. The van der Waals surface area contributed by atoms with E-state index < -0.39 is 10.8 Å². The molecule has 2 rings (SSSR count). The second-order valence-electron chi connectivity index (χ2n) is 5.21. The third-order valence-corrected chi connectivity index (χ3v) is 5.14. The Bertz CT molecular complexity index is 368. The van der Waals surface area contributed by atoms with E-state index in [2.05, 4.69) is 0 Å². The van der Waals surface area contributed by atoms with Crippen LogP contribution in [-0.2, 0) is 9.59 Å². The van der Waals surface area contributed by atoms with Gasteiger partial charge in [0.15, 0.2) is 0 Å². The summed E-state index contributed by atoms with van der Waals surface area (Å²) in [6.07, 6.45) is 6.05. The average Bonchev–Trinajstić information content (AvgIpc) is 2.84. The first-order valence-corrected chi connectivity index (χ1v) is 6.25. The average molecular weight is 236 g/mol. The van der Waals surface area contributed by atoms with Gasteiger partial charge in [-0.2, -0.15) is 0 Å². The predicted octanol–water partition coefficient (Wildman–Crippen LogP) is 0.956. The van der Waals surface area contributed by atoms with E-state index in [4.69, 9.17) is 11.5 Å². The van der Waals surface area contributed by atoms with Crippen LogP contribution in [0.5, 0.6) is 0 Å². The maximum atomic E-state index is 12.0. The maximum Gasteiger partial charge on any atom is 0.225 e. The molecular weight excluding hydrogens is 216 g/mol. The molecule has 4 unspecified atom stereocenters. The summed E-state index contributed by atoms with van der Waals surface area (Å²) in [5.41, 5.74) is 9.71. The molecule has 0 aromatic carbocycles. The quantitative estimate of drug-likeness (QED) is 0.712. The van der Waals surface area contributed by atoms with Crippen molar-refractivity contribution < 1.29 is 9.59 Å². The molecule has 0 radical (unpaired) electrons. The van der Waals surface area contributed by atoms with Gasteiger partial charge in [0.25, 0.3) is 0 Å². The largest absolute Gasteiger partial charge is 0.369 e. The molecule has 2 bridgehead atoms. The zero-order valence-corrected chi connectivity index (χ0v) is 10.4. The summed E-state index contributed by atoms with van der Waals surface area (Å²) in [5, 5.41) is 0. The van der Waals surface area contributed by atoms with E-state index in [1.54, 1.807) is 0 Å². The van der Waals surface area contributed by atoms with Crippen molar-refractivity contribution in [1.29, 1.82) is 0 Å². The molecule has 0 saturated heterocycles. The molecular formula is C13H20N2O2. The van der Waals surface area contributed by atoms with Crippen molar-refractivity contribution in [3.63, 3.8) is 0 Å². The number of amides is 2. The Labute approximate surface area is 101 Å². The smallest absolute Gasteiger partial charge is 0.225 e. The van der Waals surface area contributed by atoms with Gasteiger partial charge in [-0.05, 0) is 31.1 Å². The van der Waals surface area contributed by atoms with Crippen LogP contribution >= 0.6 is 0 Å². The first-order valence-electron chi connectivity index (χ1n) is 6.25. The molecule has 2 aliphatic rings. The normalized spacial score (nSPS) is 42.9. The fourth-order valence-electron chi connectivity index (χ4n) is 4.40. The minimum Gasteiger partial charge on any atom is -0.369 e. The van der Waals surface area contributed by atoms with E-state index in [-0.39, 0.29) is 23.7 Å². The Morgan fingerprint density at radius 1 is 1.06 bits per heavy atom. The molecule has 2 aliphatic carbocycles. The van der Waals surface area contributed by atoms with Crippen LogP contribution in [0.4, 0.5) is 0 Å². The number of fused-ring (bicyclic) bond motifs is 2. The number of rotatable bonds is 4. The molecule has 4 heteroatoms. The number of carbonyl (C=O) groups is 2. The summed E-state index contributed by atoms with van der Waals surface area (Å²) in [4.78, 5) is 24.0. The molecule has 0 aliphatic heterocycles. The Kier molecular flexibility index (Phi) is 2.56. The Balaban J connectivity index is 2.66. The number of allylic oxidation sites excluding steroid dienone is 2. The lowest BCUT2D eigenvalue weighted by Crippen LogP contribution is -2.58. The molecule has 0 aromatic rings. The van der Waals surface area contributed by atoms with Gasteiger partial charge in [-0.1, -0.05) is 26.0 Å². The summed E-state index contributed by atoms with van der Waals surface area (Å²) < 4.78 is 0. The fraction of sp³-hybridized carbons (Fsp3) is 0.692. The highest BCUT2D eigenvalue weighted by Crippen LogP contribution is 2.66. The molecule has 0 spiro atoms. The van der Waals surface area contributed by atoms with Crippen LogP contribution in [0.1, 0.15) is 33.1 Å². The van der Waals surface area contributed by atoms with Gasteiger partial charge in [0.05, 0.1) is 10.8 Å². The molecule has 0 heterocycles. The maximum absolute atomic E-state index is 12.0. The van der Waals surface area contributed by atoms with Crippen LogP contribution in [0.3, 0.4) is 0 Å². The fourth-order valence-corrected chi connectivity index (χ4v) is 4.40. The molecule has 17 heavy (non-hydrogen) atoms. The monoisotopic (exact) mass is 236 g/mol. The van der Waals surface area contributed by atoms with Gasteiger partial charge < -0.3 is 11.5 Å². The number of carbonyl (C=O) groups excluding carboxylic acids is 2. The molecule has 1 fully saturated rings. The molecule has 4 nitrogen and oxygen atoms in total. The second kappa shape index (κ2) is 3.59. The lowest BCUT2D eigenvalue weighted by Gasteiger charge is -2.47. The lowest BCUT2D eigenvalue weighted by atomic mass is 9.54. The first kappa shape index (κ1) is 12.1. The van der Waals surface area contributed by atoms with E-state index in [1.807, 2.05) is 26.0 Å². The molecule has 4 N–H and O–H groups in total. The summed E-state index contributed by atoms with van der Waals surface area (Å²) >= 11 is 0. The van der Waals surface area contributed by atoms with E-state index in [0.29, 0.717) is 12.8 Å². The lowest BCUT2D eigenvalue weighted by molar-refractivity contribution is -0.151. The van der Waals surface area contributed by atoms with Crippen molar-refractivity contribution in [3.05, 3.63) is 12.2 Å². The Hall–Kier alpha value is -1.32. The van der Waals surface area contributed by atoms with Gasteiger partial charge in [0.1, 0.15) is 0 Å². The van der Waals surface area contributed by atoms with Crippen molar-refractivity contribution in [2.75, 3.05) is 0 Å². The van der Waals surface area contributed by atoms with Crippen molar-refractivity contribution in [3.8, 4) is 0 Å². The Morgan fingerprint density at radius 3 is 1.65 bits per heavy atom. The van der Waals surface area contributed by atoms with E-state index in [0.717, 1.165) is 6.42 Å². The van der Waals surface area contributed by atoms with Gasteiger partial charge in [-0.25, -0.2) is 0 Å². The summed E-state index contributed by atoms with van der Waals surface area (Å²) in [6, 6.07) is 0. The summed E-state index contributed by atoms with van der Waals surface area (Å²) in [7, 11) is 0. The van der Waals surface area contributed by atoms with Crippen LogP contribution in [0.15, 0.2) is 12.2 Å². The third-order valence-electron chi connectivity index (χ3n) is 5.14. The van der Waals surface area contributed by atoms with Crippen LogP contribution in [0, 0.1) is 22.7 Å². The number of hydrogen-bond acceptors (Lipinski definition) is 2. The van der Waals surface area contributed by atoms with Gasteiger partial charge in [-0.3, -0.25) is 9.59 Å². The molecule has 4 atom stereocenters. The second-order valence-corrected chi connectivity index (χ2v) is 5.21. The molecule has 0 aromatic heterocycles.